The number of aryl methyl sites for hydroxylation is 1. The van der Waals surface area contributed by atoms with Crippen LogP contribution < -0.4 is 10.1 Å². The van der Waals surface area contributed by atoms with Crippen molar-refractivity contribution in [1.29, 1.82) is 0 Å². The van der Waals surface area contributed by atoms with Gasteiger partial charge in [0.2, 0.25) is 0 Å². The summed E-state index contributed by atoms with van der Waals surface area (Å²) in [5, 5.41) is 3.74. The number of rotatable bonds is 11. The molecule has 1 heterocycles. The lowest BCUT2D eigenvalue weighted by atomic mass is 9.80. The van der Waals surface area contributed by atoms with Crippen LogP contribution in [0, 0.1) is 23.5 Å². The van der Waals surface area contributed by atoms with Gasteiger partial charge in [0, 0.05) is 24.9 Å². The van der Waals surface area contributed by atoms with E-state index >= 15 is 0 Å². The van der Waals surface area contributed by atoms with Crippen LogP contribution in [-0.4, -0.2) is 44.7 Å². The zero-order valence-electron chi connectivity index (χ0n) is 22.6. The molecule has 208 valence electrons. The van der Waals surface area contributed by atoms with Gasteiger partial charge in [0.25, 0.3) is 0 Å². The highest BCUT2D eigenvalue weighted by molar-refractivity contribution is 5.91. The van der Waals surface area contributed by atoms with Gasteiger partial charge >= 0.3 is 5.97 Å². The minimum atomic E-state index is -0.813. The van der Waals surface area contributed by atoms with Crippen LogP contribution in [0.2, 0.25) is 0 Å². The summed E-state index contributed by atoms with van der Waals surface area (Å²) in [7, 11) is 1.33. The number of carbonyl (C=O) groups is 1. The molecular weight excluding hydrogens is 492 g/mol. The topological polar surface area (TPSA) is 66.0 Å². The second-order valence-electron chi connectivity index (χ2n) is 10.7. The van der Waals surface area contributed by atoms with Crippen LogP contribution in [0.15, 0.2) is 36.4 Å². The zero-order chi connectivity index (χ0) is 27.1. The van der Waals surface area contributed by atoms with Crippen LogP contribution in [0.3, 0.4) is 0 Å². The Morgan fingerprint density at radius 2 is 1.84 bits per heavy atom. The average molecular weight is 532 g/mol. The number of carbonyl (C=O) groups excluding carboxylic acids is 1. The van der Waals surface area contributed by atoms with E-state index in [4.69, 9.17) is 18.9 Å². The third kappa shape index (κ3) is 7.30. The van der Waals surface area contributed by atoms with Crippen LogP contribution in [0.1, 0.15) is 68.3 Å². The molecule has 1 saturated carbocycles. The Kier molecular flexibility index (Phi) is 9.74. The molecule has 2 aliphatic rings. The number of ether oxygens (including phenoxy) is 4. The van der Waals surface area contributed by atoms with Gasteiger partial charge < -0.3 is 24.3 Å². The van der Waals surface area contributed by atoms with Crippen molar-refractivity contribution in [2.24, 2.45) is 11.8 Å². The molecule has 2 aromatic carbocycles. The predicted octanol–water partition coefficient (Wildman–Crippen LogP) is 6.41. The predicted molar refractivity (Wildman–Crippen MR) is 140 cm³/mol. The van der Waals surface area contributed by atoms with Crippen molar-refractivity contribution in [2.45, 2.75) is 70.6 Å². The van der Waals surface area contributed by atoms with E-state index in [-0.39, 0.29) is 17.3 Å². The molecule has 1 spiro atoms. The molecule has 1 atom stereocenters. The van der Waals surface area contributed by atoms with Gasteiger partial charge in [0.1, 0.15) is 11.6 Å². The van der Waals surface area contributed by atoms with Gasteiger partial charge in [-0.05, 0) is 80.3 Å². The van der Waals surface area contributed by atoms with Crippen molar-refractivity contribution in [1.82, 2.24) is 5.32 Å². The normalized spacial score (nSPS) is 18.2. The highest BCUT2D eigenvalue weighted by Gasteiger charge is 2.40. The van der Waals surface area contributed by atoms with Gasteiger partial charge in [-0.3, -0.25) is 0 Å². The Morgan fingerprint density at radius 1 is 1.11 bits per heavy atom. The lowest BCUT2D eigenvalue weighted by molar-refractivity contribution is -0.183. The van der Waals surface area contributed by atoms with Crippen molar-refractivity contribution in [3.05, 3.63) is 59.2 Å². The van der Waals surface area contributed by atoms with E-state index in [1.165, 1.54) is 13.2 Å². The molecule has 1 aliphatic carbocycles. The first-order chi connectivity index (χ1) is 18.3. The smallest absolute Gasteiger partial charge is 0.338 e. The van der Waals surface area contributed by atoms with E-state index in [0.29, 0.717) is 43.1 Å². The van der Waals surface area contributed by atoms with Crippen molar-refractivity contribution < 1.29 is 32.5 Å². The number of hydrogen-bond acceptors (Lipinski definition) is 6. The standard InChI is InChI=1S/C30H39F2NO5/c1-20(2)27(17-21-10-12-30(13-11-21)36-15-16-37-30)33-14-4-5-22-6-8-24(19-25(22)29(34)35-3)38-28-9-7-23(31)18-26(28)32/h6-9,18-21,27,33H,4-5,10-17H2,1-3H3/t27-/m0/s1. The molecule has 0 unspecified atom stereocenters. The van der Waals surface area contributed by atoms with Gasteiger partial charge in [-0.1, -0.05) is 19.9 Å². The first kappa shape index (κ1) is 28.5. The van der Waals surface area contributed by atoms with Crippen LogP contribution in [0.5, 0.6) is 11.5 Å². The summed E-state index contributed by atoms with van der Waals surface area (Å²) >= 11 is 0. The van der Waals surface area contributed by atoms with E-state index in [1.54, 1.807) is 18.2 Å². The minimum Gasteiger partial charge on any atom is -0.465 e. The summed E-state index contributed by atoms with van der Waals surface area (Å²) in [5.41, 5.74) is 1.21. The summed E-state index contributed by atoms with van der Waals surface area (Å²) in [6.07, 6.45) is 6.86. The Morgan fingerprint density at radius 3 is 2.50 bits per heavy atom. The van der Waals surface area contributed by atoms with Crippen LogP contribution in [-0.2, 0) is 20.6 Å². The fraction of sp³-hybridized carbons (Fsp3) is 0.567. The zero-order valence-corrected chi connectivity index (χ0v) is 22.6. The second-order valence-corrected chi connectivity index (χ2v) is 10.7. The monoisotopic (exact) mass is 531 g/mol. The number of benzene rings is 2. The number of hydrogen-bond donors (Lipinski definition) is 1. The molecule has 4 rings (SSSR count). The van der Waals surface area contributed by atoms with Gasteiger partial charge in [-0.2, -0.15) is 0 Å². The fourth-order valence-corrected chi connectivity index (χ4v) is 5.48. The van der Waals surface area contributed by atoms with Crippen molar-refractivity contribution in [2.75, 3.05) is 26.9 Å². The number of esters is 1. The van der Waals surface area contributed by atoms with E-state index in [0.717, 1.165) is 62.8 Å². The van der Waals surface area contributed by atoms with Gasteiger partial charge in [-0.25, -0.2) is 13.6 Å². The maximum Gasteiger partial charge on any atom is 0.338 e. The van der Waals surface area contributed by atoms with E-state index in [1.807, 2.05) is 0 Å². The summed E-state index contributed by atoms with van der Waals surface area (Å²) in [5.74, 6) is -0.959. The van der Waals surface area contributed by atoms with Gasteiger partial charge in [-0.15, -0.1) is 0 Å². The second kappa shape index (κ2) is 13.0. The molecule has 38 heavy (non-hydrogen) atoms. The third-order valence-corrected chi connectivity index (χ3v) is 7.71. The summed E-state index contributed by atoms with van der Waals surface area (Å²) in [6, 6.07) is 8.54. The van der Waals surface area contributed by atoms with Crippen molar-refractivity contribution >= 4 is 5.97 Å². The average Bonchev–Trinajstić information content (AvgIpc) is 3.36. The fourth-order valence-electron chi connectivity index (χ4n) is 5.48. The molecule has 0 amide bonds. The Balaban J connectivity index is 1.30. The molecule has 0 bridgehead atoms. The van der Waals surface area contributed by atoms with Gasteiger partial charge in [0.05, 0.1) is 25.9 Å². The lowest BCUT2D eigenvalue weighted by Gasteiger charge is -2.37. The van der Waals surface area contributed by atoms with Crippen molar-refractivity contribution in [3.63, 3.8) is 0 Å². The summed E-state index contributed by atoms with van der Waals surface area (Å²) < 4.78 is 49.5. The molecule has 2 fully saturated rings. The maximum absolute atomic E-state index is 14.0. The van der Waals surface area contributed by atoms with Crippen LogP contribution in [0.25, 0.3) is 0 Å². The van der Waals surface area contributed by atoms with E-state index in [9.17, 15) is 13.6 Å². The number of methoxy groups -OCH3 is 1. The molecule has 0 aromatic heterocycles. The maximum atomic E-state index is 14.0. The van der Waals surface area contributed by atoms with Crippen molar-refractivity contribution in [3.8, 4) is 11.5 Å². The lowest BCUT2D eigenvalue weighted by Crippen LogP contribution is -2.40. The SMILES string of the molecule is COC(=O)c1cc(Oc2ccc(F)cc2F)ccc1CCCN[C@@H](CC1CCC2(CC1)OCCO2)C(C)C. The Labute approximate surface area is 224 Å². The molecule has 1 N–H and O–H groups in total. The number of nitrogens with one attached hydrogen (secondary N) is 1. The molecular formula is C30H39F2NO5. The Hall–Kier alpha value is -2.55. The molecule has 1 saturated heterocycles. The van der Waals surface area contributed by atoms with Gasteiger partial charge in [0.15, 0.2) is 17.4 Å². The summed E-state index contributed by atoms with van der Waals surface area (Å²) in [4.78, 5) is 12.5. The van der Waals surface area contributed by atoms with E-state index in [2.05, 4.69) is 19.2 Å². The highest BCUT2D eigenvalue weighted by atomic mass is 19.1. The van der Waals surface area contributed by atoms with Crippen LogP contribution >= 0.6 is 0 Å². The quantitative estimate of drug-likeness (QED) is 0.267. The first-order valence-corrected chi connectivity index (χ1v) is 13.6. The Bertz CT molecular complexity index is 1080. The largest absolute Gasteiger partial charge is 0.465 e. The van der Waals surface area contributed by atoms with E-state index < -0.39 is 17.6 Å². The first-order valence-electron chi connectivity index (χ1n) is 13.6. The molecule has 2 aromatic rings. The molecule has 8 heteroatoms. The molecule has 1 aliphatic heterocycles. The molecule has 0 radical (unpaired) electrons. The summed E-state index contributed by atoms with van der Waals surface area (Å²) in [6.45, 7) is 6.75. The number of halogens is 2. The molecule has 6 nitrogen and oxygen atoms in total. The highest BCUT2D eigenvalue weighted by Crippen LogP contribution is 2.40. The third-order valence-electron chi connectivity index (χ3n) is 7.71. The van der Waals surface area contributed by atoms with Crippen LogP contribution in [0.4, 0.5) is 8.78 Å². The minimum absolute atomic E-state index is 0.115.